The zero-order valence-electron chi connectivity index (χ0n) is 10.9. The van der Waals surface area contributed by atoms with E-state index in [1.807, 2.05) is 6.92 Å². The number of hydrogen-bond acceptors (Lipinski definition) is 3. The molecule has 0 aromatic rings. The van der Waals surface area contributed by atoms with Crippen molar-refractivity contribution in [2.75, 3.05) is 13.1 Å². The Kier molecular flexibility index (Phi) is 5.07. The zero-order valence-corrected chi connectivity index (χ0v) is 11.7. The van der Waals surface area contributed by atoms with Crippen LogP contribution in [-0.4, -0.2) is 29.9 Å². The molecule has 1 aliphatic rings. The van der Waals surface area contributed by atoms with Gasteiger partial charge >= 0.3 is 0 Å². The van der Waals surface area contributed by atoms with Gasteiger partial charge in [0.05, 0.1) is 16.9 Å². The molecule has 2 amide bonds. The predicted octanol–water partition coefficient (Wildman–Crippen LogP) is 0.331. The second-order valence-corrected chi connectivity index (χ2v) is 5.43. The van der Waals surface area contributed by atoms with Gasteiger partial charge in [-0.1, -0.05) is 26.1 Å². The van der Waals surface area contributed by atoms with E-state index in [-0.39, 0.29) is 23.3 Å². The Morgan fingerprint density at radius 3 is 2.44 bits per heavy atom. The molecule has 0 bridgehead atoms. The highest BCUT2D eigenvalue weighted by atomic mass is 32.1. The topological polar surface area (TPSA) is 84.2 Å². The number of nitrogens with one attached hydrogen (secondary N) is 2. The van der Waals surface area contributed by atoms with E-state index < -0.39 is 5.41 Å². The molecule has 0 aromatic heterocycles. The summed E-state index contributed by atoms with van der Waals surface area (Å²) >= 11 is 4.98. The van der Waals surface area contributed by atoms with Crippen LogP contribution in [0.2, 0.25) is 0 Å². The van der Waals surface area contributed by atoms with Gasteiger partial charge in [0.1, 0.15) is 0 Å². The minimum absolute atomic E-state index is 0.0163. The van der Waals surface area contributed by atoms with Crippen molar-refractivity contribution in [3.05, 3.63) is 0 Å². The quantitative estimate of drug-likeness (QED) is 0.608. The van der Waals surface area contributed by atoms with E-state index in [4.69, 9.17) is 18.0 Å². The Hall–Kier alpha value is -1.17. The van der Waals surface area contributed by atoms with Gasteiger partial charge in [-0.15, -0.1) is 0 Å². The lowest BCUT2D eigenvalue weighted by Crippen LogP contribution is -2.57. The Balaban J connectivity index is 2.44. The number of carbonyl (C=O) groups excluding carboxylic acids is 2. The van der Waals surface area contributed by atoms with Crippen LogP contribution in [0.5, 0.6) is 0 Å². The number of nitrogens with two attached hydrogens (primary N) is 1. The highest BCUT2D eigenvalue weighted by molar-refractivity contribution is 7.80. The van der Waals surface area contributed by atoms with Crippen LogP contribution >= 0.6 is 12.2 Å². The van der Waals surface area contributed by atoms with Crippen LogP contribution in [0.15, 0.2) is 0 Å². The molecule has 5 nitrogen and oxygen atoms in total. The van der Waals surface area contributed by atoms with Gasteiger partial charge < -0.3 is 16.4 Å². The fraction of sp³-hybridized carbons (Fsp3) is 0.750. The van der Waals surface area contributed by atoms with Crippen LogP contribution in [0.25, 0.3) is 0 Å². The monoisotopic (exact) mass is 271 g/mol. The normalized spacial score (nSPS) is 26.0. The van der Waals surface area contributed by atoms with Crippen LogP contribution in [-0.2, 0) is 9.59 Å². The van der Waals surface area contributed by atoms with Crippen LogP contribution in [0.1, 0.15) is 33.1 Å². The van der Waals surface area contributed by atoms with Gasteiger partial charge in [-0.2, -0.15) is 0 Å². The van der Waals surface area contributed by atoms with E-state index in [0.717, 1.165) is 6.42 Å². The average Bonchev–Trinajstić information content (AvgIpc) is 2.28. The van der Waals surface area contributed by atoms with E-state index in [0.29, 0.717) is 25.3 Å². The van der Waals surface area contributed by atoms with Gasteiger partial charge in [0.25, 0.3) is 0 Å². The molecule has 18 heavy (non-hydrogen) atoms. The molecule has 0 atom stereocenters. The molecule has 102 valence electrons. The SMILES string of the molecule is CCCNC(=O)CNC(=O)C1(C(N)=S)CC(C)C1. The number of hydrogen-bond donors (Lipinski definition) is 3. The third-order valence-electron chi connectivity index (χ3n) is 3.28. The molecule has 4 N–H and O–H groups in total. The number of amides is 2. The van der Waals surface area contributed by atoms with Gasteiger partial charge in [0.2, 0.25) is 11.8 Å². The van der Waals surface area contributed by atoms with Gasteiger partial charge in [0, 0.05) is 6.54 Å². The molecule has 1 aliphatic carbocycles. The van der Waals surface area contributed by atoms with Gasteiger partial charge in [-0.05, 0) is 25.2 Å². The summed E-state index contributed by atoms with van der Waals surface area (Å²) in [6.07, 6.45) is 2.21. The maximum absolute atomic E-state index is 12.1. The first-order chi connectivity index (χ1) is 8.42. The molecule has 0 saturated heterocycles. The van der Waals surface area contributed by atoms with Crippen molar-refractivity contribution in [1.29, 1.82) is 0 Å². The van der Waals surface area contributed by atoms with Gasteiger partial charge in [-0.25, -0.2) is 0 Å². The summed E-state index contributed by atoms with van der Waals surface area (Å²) in [4.78, 5) is 23.7. The first-order valence-electron chi connectivity index (χ1n) is 6.27. The maximum Gasteiger partial charge on any atom is 0.239 e. The third kappa shape index (κ3) is 3.19. The fourth-order valence-corrected chi connectivity index (χ4v) is 2.54. The first kappa shape index (κ1) is 14.9. The van der Waals surface area contributed by atoms with Crippen LogP contribution in [0, 0.1) is 11.3 Å². The summed E-state index contributed by atoms with van der Waals surface area (Å²) in [6, 6.07) is 0. The van der Waals surface area contributed by atoms with E-state index in [1.165, 1.54) is 0 Å². The average molecular weight is 271 g/mol. The van der Waals surface area contributed by atoms with Crippen molar-refractivity contribution in [1.82, 2.24) is 10.6 Å². The third-order valence-corrected chi connectivity index (χ3v) is 3.67. The molecule has 0 unspecified atom stereocenters. The molecular weight excluding hydrogens is 250 g/mol. The highest BCUT2D eigenvalue weighted by Crippen LogP contribution is 2.45. The minimum atomic E-state index is -0.736. The summed E-state index contributed by atoms with van der Waals surface area (Å²) < 4.78 is 0. The van der Waals surface area contributed by atoms with E-state index in [1.54, 1.807) is 0 Å². The Bertz CT molecular complexity index is 351. The second-order valence-electron chi connectivity index (χ2n) is 4.99. The van der Waals surface area contributed by atoms with E-state index >= 15 is 0 Å². The molecule has 6 heteroatoms. The first-order valence-corrected chi connectivity index (χ1v) is 6.68. The molecule has 1 fully saturated rings. The summed E-state index contributed by atoms with van der Waals surface area (Å²) in [7, 11) is 0. The van der Waals surface area contributed by atoms with Crippen molar-refractivity contribution in [3.8, 4) is 0 Å². The summed E-state index contributed by atoms with van der Waals surface area (Å²) in [5, 5.41) is 5.31. The van der Waals surface area contributed by atoms with Crippen LogP contribution in [0.4, 0.5) is 0 Å². The standard InChI is InChI=1S/C12H21N3O2S/c1-3-4-14-9(16)7-15-11(17)12(10(13)18)5-8(2)6-12/h8H,3-7H2,1-2H3,(H2,13,18)(H,14,16)(H,15,17). The predicted molar refractivity (Wildman–Crippen MR) is 73.9 cm³/mol. The maximum atomic E-state index is 12.1. The van der Waals surface area contributed by atoms with Crippen molar-refractivity contribution in [3.63, 3.8) is 0 Å². The Morgan fingerprint density at radius 1 is 1.39 bits per heavy atom. The largest absolute Gasteiger partial charge is 0.392 e. The molecule has 0 radical (unpaired) electrons. The highest BCUT2D eigenvalue weighted by Gasteiger charge is 2.50. The zero-order chi connectivity index (χ0) is 13.8. The van der Waals surface area contributed by atoms with Crippen molar-refractivity contribution in [2.24, 2.45) is 17.1 Å². The number of thiocarbonyl (C=S) groups is 1. The van der Waals surface area contributed by atoms with Crippen molar-refractivity contribution < 1.29 is 9.59 Å². The smallest absolute Gasteiger partial charge is 0.239 e. The second kappa shape index (κ2) is 6.13. The Morgan fingerprint density at radius 2 is 2.00 bits per heavy atom. The molecule has 0 heterocycles. The van der Waals surface area contributed by atoms with Crippen molar-refractivity contribution in [2.45, 2.75) is 33.1 Å². The molecular formula is C12H21N3O2S. The summed E-state index contributed by atoms with van der Waals surface area (Å²) in [6.45, 7) is 4.62. The molecule has 0 aromatic carbocycles. The van der Waals surface area contributed by atoms with E-state index in [2.05, 4.69) is 17.6 Å². The van der Waals surface area contributed by atoms with E-state index in [9.17, 15) is 9.59 Å². The lowest BCUT2D eigenvalue weighted by molar-refractivity contribution is -0.134. The van der Waals surface area contributed by atoms with Crippen LogP contribution in [0.3, 0.4) is 0 Å². The fourth-order valence-electron chi connectivity index (χ4n) is 2.29. The Labute approximate surface area is 113 Å². The van der Waals surface area contributed by atoms with Crippen molar-refractivity contribution >= 4 is 29.0 Å². The van der Waals surface area contributed by atoms with Gasteiger partial charge in [-0.3, -0.25) is 9.59 Å². The summed E-state index contributed by atoms with van der Waals surface area (Å²) in [5.74, 6) is 0.0431. The molecule has 0 aliphatic heterocycles. The van der Waals surface area contributed by atoms with Crippen LogP contribution < -0.4 is 16.4 Å². The molecule has 0 spiro atoms. The molecule has 1 rings (SSSR count). The number of rotatable bonds is 6. The minimum Gasteiger partial charge on any atom is -0.392 e. The van der Waals surface area contributed by atoms with Gasteiger partial charge in [0.15, 0.2) is 0 Å². The number of carbonyl (C=O) groups is 2. The lowest BCUT2D eigenvalue weighted by Gasteiger charge is -2.44. The lowest BCUT2D eigenvalue weighted by atomic mass is 9.62. The molecule has 1 saturated carbocycles. The summed E-state index contributed by atoms with van der Waals surface area (Å²) in [5.41, 5.74) is 4.92.